The number of halogens is 1. The smallest absolute Gasteiger partial charge is 0.342 e. The molecule has 2 atom stereocenters. The number of imidazole rings is 1. The van der Waals surface area contributed by atoms with Crippen molar-refractivity contribution in [2.45, 2.75) is 65.1 Å². The molecule has 0 amide bonds. The zero-order chi connectivity index (χ0) is 27.1. The van der Waals surface area contributed by atoms with Crippen LogP contribution >= 0.6 is 19.1 Å². The molecule has 3 aromatic rings. The Balaban J connectivity index is 1.71. The van der Waals surface area contributed by atoms with E-state index >= 15 is 0 Å². The van der Waals surface area contributed by atoms with E-state index < -0.39 is 25.1 Å². The second-order valence-electron chi connectivity index (χ2n) is 9.23. The summed E-state index contributed by atoms with van der Waals surface area (Å²) in [5, 5.41) is 3.38. The number of nitrogens with one attached hydrogen (secondary N) is 1. The first-order valence-corrected chi connectivity index (χ1v) is 14.3. The van der Waals surface area contributed by atoms with Crippen molar-refractivity contribution < 1.29 is 23.4 Å². The number of ether oxygens (including phenoxy) is 2. The number of nitrogens with zero attached hydrogens (tertiary/aromatic N) is 4. The van der Waals surface area contributed by atoms with Crippen LogP contribution < -0.4 is 15.3 Å². The Morgan fingerprint density at radius 3 is 2.65 bits per heavy atom. The van der Waals surface area contributed by atoms with Gasteiger partial charge < -0.3 is 24.3 Å². The molecule has 0 bridgehead atoms. The molecule has 11 nitrogen and oxygen atoms in total. The van der Waals surface area contributed by atoms with Crippen molar-refractivity contribution >= 4 is 42.1 Å². The highest BCUT2D eigenvalue weighted by Gasteiger charge is 2.39. The van der Waals surface area contributed by atoms with Gasteiger partial charge in [-0.3, -0.25) is 9.36 Å². The molecule has 0 saturated carbocycles. The van der Waals surface area contributed by atoms with Gasteiger partial charge in [-0.2, -0.15) is 0 Å². The summed E-state index contributed by atoms with van der Waals surface area (Å²) in [6.45, 7) is 7.72. The molecule has 37 heavy (non-hydrogen) atoms. The van der Waals surface area contributed by atoms with E-state index in [1.807, 2.05) is 6.92 Å². The second-order valence-corrected chi connectivity index (χ2v) is 11.7. The third-order valence-corrected chi connectivity index (χ3v) is 7.57. The molecule has 2 heterocycles. The molecule has 3 rings (SSSR count). The van der Waals surface area contributed by atoms with Crippen molar-refractivity contribution in [2.75, 3.05) is 18.7 Å². The lowest BCUT2D eigenvalue weighted by Gasteiger charge is -2.30. The van der Waals surface area contributed by atoms with E-state index in [1.54, 1.807) is 49.0 Å². The van der Waals surface area contributed by atoms with Gasteiger partial charge in [0.05, 0.1) is 25.6 Å². The minimum atomic E-state index is -3.76. The van der Waals surface area contributed by atoms with Crippen LogP contribution in [0.1, 0.15) is 47.0 Å². The standard InChI is InChI=1S/C24H34ClN6O5P/c1-5-6-7-12-34-23(32)24(3,4)30-37(33,36-19-10-8-18(25)9-11-19)16-35-17(2)13-31-15-29-20-21(26)27-14-28-22(20)31/h8-11,14-15,17H,5-7,12-13,16H2,1-4H3,(H,30,33)(H2,26,27,28)/t17-,37?/m1/s1. The molecule has 2 aromatic heterocycles. The number of carbonyl (C=O) groups is 1. The summed E-state index contributed by atoms with van der Waals surface area (Å²) in [5.41, 5.74) is 5.62. The zero-order valence-corrected chi connectivity index (χ0v) is 23.2. The molecule has 0 saturated heterocycles. The van der Waals surface area contributed by atoms with E-state index in [0.717, 1.165) is 19.3 Å². The number of unbranched alkanes of at least 4 members (excludes halogenated alkanes) is 2. The third-order valence-electron chi connectivity index (χ3n) is 5.42. The number of aromatic nitrogens is 4. The largest absolute Gasteiger partial charge is 0.464 e. The van der Waals surface area contributed by atoms with Gasteiger partial charge in [0, 0.05) is 5.02 Å². The molecule has 0 radical (unpaired) electrons. The number of benzene rings is 1. The van der Waals surface area contributed by atoms with Crippen LogP contribution in [0.3, 0.4) is 0 Å². The van der Waals surface area contributed by atoms with Crippen LogP contribution in [0.25, 0.3) is 11.2 Å². The number of anilines is 1. The highest BCUT2D eigenvalue weighted by molar-refractivity contribution is 7.57. The molecule has 0 fully saturated rings. The zero-order valence-electron chi connectivity index (χ0n) is 21.5. The lowest BCUT2D eigenvalue weighted by atomic mass is 10.1. The lowest BCUT2D eigenvalue weighted by Crippen LogP contribution is -2.47. The highest BCUT2D eigenvalue weighted by Crippen LogP contribution is 2.45. The van der Waals surface area contributed by atoms with Crippen molar-refractivity contribution in [1.29, 1.82) is 0 Å². The fourth-order valence-electron chi connectivity index (χ4n) is 3.50. The molecule has 3 N–H and O–H groups in total. The van der Waals surface area contributed by atoms with Crippen molar-refractivity contribution in [2.24, 2.45) is 0 Å². The minimum Gasteiger partial charge on any atom is -0.464 e. The first-order chi connectivity index (χ1) is 17.5. The highest BCUT2D eigenvalue weighted by atomic mass is 35.5. The van der Waals surface area contributed by atoms with E-state index in [1.165, 1.54) is 6.33 Å². The van der Waals surface area contributed by atoms with Gasteiger partial charge in [-0.25, -0.2) is 20.0 Å². The number of nitrogens with two attached hydrogens (primary N) is 1. The Hall–Kier alpha value is -2.72. The predicted molar refractivity (Wildman–Crippen MR) is 143 cm³/mol. The molecule has 13 heteroatoms. The van der Waals surface area contributed by atoms with Gasteiger partial charge in [0.15, 0.2) is 11.5 Å². The third kappa shape index (κ3) is 8.13. The number of hydrogen-bond acceptors (Lipinski definition) is 9. The maximum absolute atomic E-state index is 14.0. The van der Waals surface area contributed by atoms with E-state index in [0.29, 0.717) is 35.1 Å². The van der Waals surface area contributed by atoms with Gasteiger partial charge in [0.25, 0.3) is 0 Å². The molecule has 0 spiro atoms. The van der Waals surface area contributed by atoms with Crippen LogP contribution in [0.2, 0.25) is 5.02 Å². The number of nitrogen functional groups attached to an aromatic ring is 1. The summed E-state index contributed by atoms with van der Waals surface area (Å²) in [4.78, 5) is 25.2. The maximum Gasteiger partial charge on any atom is 0.342 e. The fourth-order valence-corrected chi connectivity index (χ4v) is 5.65. The van der Waals surface area contributed by atoms with Gasteiger partial charge in [0.2, 0.25) is 0 Å². The van der Waals surface area contributed by atoms with E-state index in [9.17, 15) is 9.36 Å². The van der Waals surface area contributed by atoms with E-state index in [4.69, 9.17) is 31.3 Å². The maximum atomic E-state index is 14.0. The molecule has 1 unspecified atom stereocenters. The Bertz CT molecular complexity index is 1240. The normalized spacial score (nSPS) is 14.3. The van der Waals surface area contributed by atoms with Crippen LogP contribution in [0.5, 0.6) is 5.75 Å². The molecule has 0 aliphatic rings. The van der Waals surface area contributed by atoms with Crippen molar-refractivity contribution in [1.82, 2.24) is 24.6 Å². The quantitative estimate of drug-likeness (QED) is 0.162. The minimum absolute atomic E-state index is 0.284. The summed E-state index contributed by atoms with van der Waals surface area (Å²) < 4.78 is 32.9. The molecular weight excluding hydrogens is 519 g/mol. The second kappa shape index (κ2) is 12.7. The fraction of sp³-hybridized carbons (Fsp3) is 0.500. The number of hydrogen-bond donors (Lipinski definition) is 2. The van der Waals surface area contributed by atoms with E-state index in [2.05, 4.69) is 27.0 Å². The van der Waals surface area contributed by atoms with Crippen LogP contribution in [-0.2, 0) is 25.4 Å². The monoisotopic (exact) mass is 552 g/mol. The van der Waals surface area contributed by atoms with Crippen LogP contribution in [0, 0.1) is 0 Å². The topological polar surface area (TPSA) is 143 Å². The Morgan fingerprint density at radius 1 is 1.22 bits per heavy atom. The number of esters is 1. The first-order valence-electron chi connectivity index (χ1n) is 12.1. The van der Waals surface area contributed by atoms with Crippen molar-refractivity contribution in [3.63, 3.8) is 0 Å². The number of fused-ring (bicyclic) bond motifs is 1. The van der Waals surface area contributed by atoms with Gasteiger partial charge in [0.1, 0.15) is 29.5 Å². The first kappa shape index (κ1) is 28.8. The number of rotatable bonds is 14. The molecule has 202 valence electrons. The average Bonchev–Trinajstić information content (AvgIpc) is 3.25. The molecule has 0 aliphatic carbocycles. The molecular formula is C24H34ClN6O5P. The van der Waals surface area contributed by atoms with Crippen molar-refractivity contribution in [3.8, 4) is 5.75 Å². The van der Waals surface area contributed by atoms with Crippen LogP contribution in [0.4, 0.5) is 5.82 Å². The predicted octanol–water partition coefficient (Wildman–Crippen LogP) is 4.80. The van der Waals surface area contributed by atoms with Crippen LogP contribution in [-0.4, -0.2) is 50.1 Å². The molecule has 0 aliphatic heterocycles. The van der Waals surface area contributed by atoms with E-state index in [-0.39, 0.29) is 12.2 Å². The summed E-state index contributed by atoms with van der Waals surface area (Å²) in [7, 11) is -3.76. The summed E-state index contributed by atoms with van der Waals surface area (Å²) in [5.74, 6) is 0.0707. The van der Waals surface area contributed by atoms with Gasteiger partial charge in [-0.15, -0.1) is 0 Å². The SMILES string of the molecule is CCCCCOC(=O)C(C)(C)NP(=O)(CO[C@H](C)Cn1cnc2c(N)ncnc21)Oc1ccc(Cl)cc1. The number of carbonyl (C=O) groups excluding carboxylic acids is 1. The summed E-state index contributed by atoms with van der Waals surface area (Å²) >= 11 is 5.97. The summed E-state index contributed by atoms with van der Waals surface area (Å²) in [6.07, 6.45) is 4.95. The Kier molecular flexibility index (Phi) is 9.89. The van der Waals surface area contributed by atoms with Gasteiger partial charge in [-0.05, 0) is 51.5 Å². The van der Waals surface area contributed by atoms with Crippen molar-refractivity contribution in [3.05, 3.63) is 41.9 Å². The summed E-state index contributed by atoms with van der Waals surface area (Å²) in [6, 6.07) is 6.43. The Morgan fingerprint density at radius 2 is 1.95 bits per heavy atom. The Labute approximate surface area is 221 Å². The lowest BCUT2D eigenvalue weighted by molar-refractivity contribution is -0.149. The average molecular weight is 553 g/mol. The molecule has 1 aromatic carbocycles. The van der Waals surface area contributed by atoms with Crippen LogP contribution in [0.15, 0.2) is 36.9 Å². The van der Waals surface area contributed by atoms with Gasteiger partial charge >= 0.3 is 13.5 Å². The van der Waals surface area contributed by atoms with Gasteiger partial charge in [-0.1, -0.05) is 31.4 Å².